The Hall–Kier alpha value is -2.08. The Morgan fingerprint density at radius 3 is 2.32 bits per heavy atom. The van der Waals surface area contributed by atoms with Gasteiger partial charge in [0, 0.05) is 17.6 Å². The first-order chi connectivity index (χ1) is 8.90. The molecule has 0 saturated heterocycles. The lowest BCUT2D eigenvalue weighted by molar-refractivity contribution is -0.136. The van der Waals surface area contributed by atoms with Crippen LogP contribution in [-0.2, 0) is 14.4 Å². The van der Waals surface area contributed by atoms with Crippen LogP contribution in [0.2, 0.25) is 5.02 Å². The van der Waals surface area contributed by atoms with Crippen LogP contribution in [-0.4, -0.2) is 36.0 Å². The average molecular weight is 285 g/mol. The molecule has 2 N–H and O–H groups in total. The first-order valence-electron chi connectivity index (χ1n) is 5.42. The number of amides is 2. The van der Waals surface area contributed by atoms with Gasteiger partial charge in [0.05, 0.1) is 6.54 Å². The van der Waals surface area contributed by atoms with E-state index in [9.17, 15) is 14.4 Å². The maximum atomic E-state index is 11.9. The number of anilines is 1. The zero-order valence-electron chi connectivity index (χ0n) is 10.2. The zero-order valence-corrected chi connectivity index (χ0v) is 11.0. The van der Waals surface area contributed by atoms with Crippen LogP contribution in [0.15, 0.2) is 24.3 Å². The molecule has 0 spiro atoms. The van der Waals surface area contributed by atoms with Gasteiger partial charge in [-0.05, 0) is 24.3 Å². The standard InChI is InChI=1S/C12H13ClN2O4/c1-8(16)14-6-11(17)15(7-12(18)19)10-4-2-9(13)3-5-10/h2-5H,6-7H2,1H3,(H,14,16)(H,18,19). The molecule has 19 heavy (non-hydrogen) atoms. The lowest BCUT2D eigenvalue weighted by Gasteiger charge is -2.21. The maximum Gasteiger partial charge on any atom is 0.323 e. The van der Waals surface area contributed by atoms with E-state index in [1.54, 1.807) is 12.1 Å². The molecule has 1 aromatic rings. The van der Waals surface area contributed by atoms with Crippen molar-refractivity contribution in [3.05, 3.63) is 29.3 Å². The Kier molecular flexibility index (Phi) is 5.32. The van der Waals surface area contributed by atoms with E-state index >= 15 is 0 Å². The molecule has 0 heterocycles. The first-order valence-corrected chi connectivity index (χ1v) is 5.80. The summed E-state index contributed by atoms with van der Waals surface area (Å²) in [6.07, 6.45) is 0. The summed E-state index contributed by atoms with van der Waals surface area (Å²) in [4.78, 5) is 34.5. The van der Waals surface area contributed by atoms with Crippen molar-refractivity contribution in [1.82, 2.24) is 5.32 Å². The topological polar surface area (TPSA) is 86.7 Å². The molecule has 2 amide bonds. The van der Waals surface area contributed by atoms with Gasteiger partial charge in [-0.25, -0.2) is 0 Å². The second kappa shape index (κ2) is 6.75. The summed E-state index contributed by atoms with van der Waals surface area (Å²) in [5.74, 6) is -2.02. The number of carbonyl (C=O) groups is 3. The number of nitrogens with one attached hydrogen (secondary N) is 1. The van der Waals surface area contributed by atoms with Crippen LogP contribution in [0.25, 0.3) is 0 Å². The minimum absolute atomic E-state index is 0.259. The minimum Gasteiger partial charge on any atom is -0.480 e. The van der Waals surface area contributed by atoms with Gasteiger partial charge in [-0.15, -0.1) is 0 Å². The van der Waals surface area contributed by atoms with Gasteiger partial charge in [0.15, 0.2) is 0 Å². The van der Waals surface area contributed by atoms with Crippen LogP contribution < -0.4 is 10.2 Å². The molecular weight excluding hydrogens is 272 g/mol. The fourth-order valence-electron chi connectivity index (χ4n) is 1.38. The highest BCUT2D eigenvalue weighted by Crippen LogP contribution is 2.17. The van der Waals surface area contributed by atoms with E-state index in [1.165, 1.54) is 19.1 Å². The summed E-state index contributed by atoms with van der Waals surface area (Å²) in [5, 5.41) is 11.6. The van der Waals surface area contributed by atoms with Crippen LogP contribution in [0.1, 0.15) is 6.92 Å². The summed E-state index contributed by atoms with van der Waals surface area (Å²) in [7, 11) is 0. The van der Waals surface area contributed by atoms with Crippen LogP contribution in [0.3, 0.4) is 0 Å². The number of halogens is 1. The number of aliphatic carboxylic acids is 1. The molecular formula is C12H13ClN2O4. The molecule has 6 nitrogen and oxygen atoms in total. The second-order valence-corrected chi connectivity index (χ2v) is 4.20. The number of hydrogen-bond donors (Lipinski definition) is 2. The molecule has 0 aromatic heterocycles. The van der Waals surface area contributed by atoms with Crippen molar-refractivity contribution in [2.75, 3.05) is 18.0 Å². The van der Waals surface area contributed by atoms with E-state index < -0.39 is 18.4 Å². The van der Waals surface area contributed by atoms with Crippen LogP contribution in [0, 0.1) is 0 Å². The molecule has 7 heteroatoms. The van der Waals surface area contributed by atoms with Gasteiger partial charge in [0.1, 0.15) is 6.54 Å². The number of carbonyl (C=O) groups excluding carboxylic acids is 2. The second-order valence-electron chi connectivity index (χ2n) is 3.76. The summed E-state index contributed by atoms with van der Waals surface area (Å²) in [6, 6.07) is 6.18. The highest BCUT2D eigenvalue weighted by molar-refractivity contribution is 6.30. The van der Waals surface area contributed by atoms with Gasteiger partial charge >= 0.3 is 5.97 Å². The number of rotatable bonds is 5. The molecule has 1 aromatic carbocycles. The summed E-state index contributed by atoms with van der Waals surface area (Å²) < 4.78 is 0. The van der Waals surface area contributed by atoms with Gasteiger partial charge in [-0.3, -0.25) is 19.3 Å². The number of carboxylic acids is 1. The predicted octanol–water partition coefficient (Wildman–Crippen LogP) is 0.894. The molecule has 1 rings (SSSR count). The van der Waals surface area contributed by atoms with Crippen LogP contribution in [0.4, 0.5) is 5.69 Å². The third-order valence-corrected chi connectivity index (χ3v) is 2.47. The highest BCUT2D eigenvalue weighted by Gasteiger charge is 2.18. The number of benzene rings is 1. The fourth-order valence-corrected chi connectivity index (χ4v) is 1.50. The third kappa shape index (κ3) is 4.97. The van der Waals surface area contributed by atoms with Crippen molar-refractivity contribution in [3.63, 3.8) is 0 Å². The molecule has 0 atom stereocenters. The number of nitrogens with zero attached hydrogens (tertiary/aromatic N) is 1. The molecule has 0 saturated carbocycles. The Balaban J connectivity index is 2.87. The van der Waals surface area contributed by atoms with Crippen molar-refractivity contribution < 1.29 is 19.5 Å². The Labute approximate surface area is 115 Å². The third-order valence-electron chi connectivity index (χ3n) is 2.22. The quantitative estimate of drug-likeness (QED) is 0.841. The summed E-state index contributed by atoms with van der Waals surface area (Å²) in [6.45, 7) is 0.530. The maximum absolute atomic E-state index is 11.9. The Bertz CT molecular complexity index is 487. The Morgan fingerprint density at radius 1 is 1.26 bits per heavy atom. The van der Waals surface area contributed by atoms with Crippen molar-refractivity contribution in [1.29, 1.82) is 0 Å². The normalized spacial score (nSPS) is 9.79. The smallest absolute Gasteiger partial charge is 0.323 e. The minimum atomic E-state index is -1.15. The van der Waals surface area contributed by atoms with E-state index in [1.807, 2.05) is 0 Å². The molecule has 0 unspecified atom stereocenters. The van der Waals surface area contributed by atoms with Gasteiger partial charge in [-0.1, -0.05) is 11.6 Å². The molecule has 0 bridgehead atoms. The largest absolute Gasteiger partial charge is 0.480 e. The van der Waals surface area contributed by atoms with Crippen molar-refractivity contribution >= 4 is 35.1 Å². The van der Waals surface area contributed by atoms with E-state index in [0.29, 0.717) is 10.7 Å². The van der Waals surface area contributed by atoms with Gasteiger partial charge in [-0.2, -0.15) is 0 Å². The number of carboxylic acid groups (broad SMARTS) is 1. The molecule has 0 aliphatic heterocycles. The lowest BCUT2D eigenvalue weighted by atomic mass is 10.2. The predicted molar refractivity (Wildman–Crippen MR) is 70.1 cm³/mol. The SMILES string of the molecule is CC(=O)NCC(=O)N(CC(=O)O)c1ccc(Cl)cc1. The van der Waals surface area contributed by atoms with Gasteiger partial charge in [0.25, 0.3) is 0 Å². The molecule has 102 valence electrons. The fraction of sp³-hybridized carbons (Fsp3) is 0.250. The summed E-state index contributed by atoms with van der Waals surface area (Å²) >= 11 is 5.73. The Morgan fingerprint density at radius 2 is 1.84 bits per heavy atom. The molecule has 0 aliphatic rings. The molecule has 0 aliphatic carbocycles. The van der Waals surface area contributed by atoms with Crippen molar-refractivity contribution in [3.8, 4) is 0 Å². The van der Waals surface area contributed by atoms with Crippen molar-refractivity contribution in [2.24, 2.45) is 0 Å². The highest BCUT2D eigenvalue weighted by atomic mass is 35.5. The summed E-state index contributed by atoms with van der Waals surface area (Å²) in [5.41, 5.74) is 0.405. The lowest BCUT2D eigenvalue weighted by Crippen LogP contribution is -2.42. The van der Waals surface area contributed by atoms with E-state index in [4.69, 9.17) is 16.7 Å². The average Bonchev–Trinajstić information content (AvgIpc) is 2.34. The monoisotopic (exact) mass is 284 g/mol. The van der Waals surface area contributed by atoms with Crippen LogP contribution >= 0.6 is 11.6 Å². The first kappa shape index (κ1) is 15.0. The van der Waals surface area contributed by atoms with E-state index in [2.05, 4.69) is 5.32 Å². The van der Waals surface area contributed by atoms with Crippen molar-refractivity contribution in [2.45, 2.75) is 6.92 Å². The van der Waals surface area contributed by atoms with Gasteiger partial charge in [0.2, 0.25) is 11.8 Å². The van der Waals surface area contributed by atoms with Crippen LogP contribution in [0.5, 0.6) is 0 Å². The van der Waals surface area contributed by atoms with E-state index in [-0.39, 0.29) is 12.5 Å². The zero-order chi connectivity index (χ0) is 14.4. The molecule has 0 radical (unpaired) electrons. The number of hydrogen-bond acceptors (Lipinski definition) is 3. The van der Waals surface area contributed by atoms with E-state index in [0.717, 1.165) is 4.90 Å². The van der Waals surface area contributed by atoms with Gasteiger partial charge < -0.3 is 10.4 Å². The molecule has 0 fully saturated rings.